The largest absolute Gasteiger partial charge is 0.396 e. The highest BCUT2D eigenvalue weighted by Crippen LogP contribution is 2.60. The molecular weight excluding hydrogens is 463 g/mol. The van der Waals surface area contributed by atoms with E-state index in [1.54, 1.807) is 22.9 Å². The zero-order valence-electron chi connectivity index (χ0n) is 20.5. The Kier molecular flexibility index (Phi) is 6.10. The molecule has 0 aromatic heterocycles. The van der Waals surface area contributed by atoms with E-state index >= 15 is 4.11 Å². The van der Waals surface area contributed by atoms with E-state index in [1.807, 2.05) is 55.5 Å². The highest BCUT2D eigenvalue weighted by molar-refractivity contribution is 6.72. The first-order valence-electron chi connectivity index (χ1n) is 12.5. The van der Waals surface area contributed by atoms with E-state index < -0.39 is 31.6 Å². The molecule has 4 atom stereocenters. The van der Waals surface area contributed by atoms with Gasteiger partial charge in [0.05, 0.1) is 18.3 Å². The van der Waals surface area contributed by atoms with Crippen LogP contribution in [0.25, 0.3) is 0 Å². The Hall–Kier alpha value is -2.55. The summed E-state index contributed by atoms with van der Waals surface area (Å²) in [5.74, 6) is -0.544. The Morgan fingerprint density at radius 3 is 2.54 bits per heavy atom. The summed E-state index contributed by atoms with van der Waals surface area (Å²) in [5, 5.41) is 9.73. The molecule has 6 nitrogen and oxygen atoms in total. The van der Waals surface area contributed by atoms with E-state index in [0.29, 0.717) is 25.1 Å². The second kappa shape index (κ2) is 8.83. The smallest absolute Gasteiger partial charge is 0.264 e. The number of hydrogen-bond acceptors (Lipinski definition) is 4. The van der Waals surface area contributed by atoms with Gasteiger partial charge in [0.2, 0.25) is 14.3 Å². The predicted octanol–water partition coefficient (Wildman–Crippen LogP) is 4.52. The molecule has 0 radical (unpaired) electrons. The summed E-state index contributed by atoms with van der Waals surface area (Å²) in [6, 6.07) is 15.5. The van der Waals surface area contributed by atoms with Crippen molar-refractivity contribution >= 4 is 31.6 Å². The van der Waals surface area contributed by atoms with Crippen LogP contribution in [0, 0.1) is 5.92 Å². The Balaban J connectivity index is 1.65. The number of halogens is 1. The van der Waals surface area contributed by atoms with Crippen molar-refractivity contribution in [2.75, 3.05) is 23.0 Å². The second-order valence-corrected chi connectivity index (χ2v) is 14.3. The van der Waals surface area contributed by atoms with Gasteiger partial charge in [-0.15, -0.1) is 0 Å². The first kappa shape index (κ1) is 24.2. The van der Waals surface area contributed by atoms with Crippen molar-refractivity contribution < 1.29 is 23.5 Å². The maximum absolute atomic E-state index is 15.7. The van der Waals surface area contributed by atoms with Gasteiger partial charge in [-0.2, -0.15) is 0 Å². The summed E-state index contributed by atoms with van der Waals surface area (Å²) in [4.78, 5) is 30.3. The monoisotopic (exact) mass is 496 g/mol. The van der Waals surface area contributed by atoms with Crippen LogP contribution in [0.3, 0.4) is 0 Å². The quantitative estimate of drug-likeness (QED) is 0.472. The lowest BCUT2D eigenvalue weighted by Crippen LogP contribution is -2.45. The van der Waals surface area contributed by atoms with Gasteiger partial charge in [0.25, 0.3) is 5.91 Å². The Bertz CT molecular complexity index is 1140. The molecule has 2 amide bonds. The van der Waals surface area contributed by atoms with Crippen LogP contribution in [0.4, 0.5) is 15.5 Å². The average Bonchev–Trinajstić information content (AvgIpc) is 3.44. The van der Waals surface area contributed by atoms with Crippen LogP contribution < -0.4 is 9.80 Å². The zero-order chi connectivity index (χ0) is 25.0. The molecule has 2 saturated heterocycles. The lowest BCUT2D eigenvalue weighted by molar-refractivity contribution is -0.146. The van der Waals surface area contributed by atoms with Crippen LogP contribution in [0.1, 0.15) is 37.3 Å². The van der Waals surface area contributed by atoms with E-state index in [0.717, 1.165) is 23.4 Å². The molecule has 5 rings (SSSR count). The van der Waals surface area contributed by atoms with E-state index in [2.05, 4.69) is 0 Å². The van der Waals surface area contributed by atoms with Crippen molar-refractivity contribution in [2.45, 2.75) is 63.1 Å². The summed E-state index contributed by atoms with van der Waals surface area (Å²) in [6.07, 6.45) is 1.04. The van der Waals surface area contributed by atoms with Gasteiger partial charge in [-0.25, -0.2) is 0 Å². The molecule has 3 aliphatic heterocycles. The molecule has 8 heteroatoms. The van der Waals surface area contributed by atoms with Crippen molar-refractivity contribution in [3.63, 3.8) is 0 Å². The minimum atomic E-state index is -3.25. The normalized spacial score (nSPS) is 28.4. The summed E-state index contributed by atoms with van der Waals surface area (Å²) in [6.45, 7) is 6.11. The minimum absolute atomic E-state index is 0.0678. The Labute approximate surface area is 206 Å². The molecular formula is C27H33FN2O4Si. The van der Waals surface area contributed by atoms with Crippen molar-refractivity contribution in [1.82, 2.24) is 0 Å². The molecule has 1 N–H and O–H groups in total. The summed E-state index contributed by atoms with van der Waals surface area (Å²) < 4.78 is 22.3. The van der Waals surface area contributed by atoms with Crippen LogP contribution in [-0.4, -0.2) is 44.6 Å². The minimum Gasteiger partial charge on any atom is -0.396 e. The molecule has 1 spiro atoms. The number of aliphatic hydroxyl groups is 1. The number of fused-ring (bicyclic) bond motifs is 2. The fraction of sp³-hybridized carbons (Fsp3) is 0.481. The molecule has 0 unspecified atom stereocenters. The summed E-state index contributed by atoms with van der Waals surface area (Å²) >= 11 is 0. The maximum atomic E-state index is 15.7. The zero-order valence-corrected chi connectivity index (χ0v) is 21.5. The standard InChI is InChI=1S/C27H33FN2O4Si/c1-18-25(35(2,3)28)23(13-15-31)34-27(18)21-16-20(29-14-7-10-24(29)32)11-12-22(21)30(26(27)33)17-19-8-5-4-6-9-19/h4-6,8-9,11-12,16,18,23,25,31H,7,10,13-15,17H2,1-3H3/t18-,23+,25-,27+/m1/s1. The van der Waals surface area contributed by atoms with Gasteiger partial charge >= 0.3 is 0 Å². The molecule has 0 bridgehead atoms. The number of carbonyl (C=O) groups excluding carboxylic acids is 2. The highest BCUT2D eigenvalue weighted by Gasteiger charge is 2.66. The number of aliphatic hydroxyl groups excluding tert-OH is 1. The van der Waals surface area contributed by atoms with Gasteiger partial charge in [0, 0.05) is 42.3 Å². The summed E-state index contributed by atoms with van der Waals surface area (Å²) in [5.41, 5.74) is 1.38. The number of hydrogen-bond donors (Lipinski definition) is 1. The summed E-state index contributed by atoms with van der Waals surface area (Å²) in [7, 11) is -3.25. The van der Waals surface area contributed by atoms with E-state index in [4.69, 9.17) is 4.74 Å². The van der Waals surface area contributed by atoms with Crippen molar-refractivity contribution in [2.24, 2.45) is 5.92 Å². The number of rotatable bonds is 6. The molecule has 0 aliphatic carbocycles. The molecule has 186 valence electrons. The van der Waals surface area contributed by atoms with Gasteiger partial charge in [-0.3, -0.25) is 9.59 Å². The number of amides is 2. The molecule has 3 aliphatic rings. The number of nitrogens with zero attached hydrogens (tertiary/aromatic N) is 2. The number of benzene rings is 2. The molecule has 2 fully saturated rings. The highest BCUT2D eigenvalue weighted by atomic mass is 28.4. The van der Waals surface area contributed by atoms with Crippen LogP contribution >= 0.6 is 0 Å². The Morgan fingerprint density at radius 1 is 1.17 bits per heavy atom. The number of carbonyl (C=O) groups is 2. The third-order valence-electron chi connectivity index (χ3n) is 7.93. The number of ether oxygens (including phenoxy) is 1. The van der Waals surface area contributed by atoms with Gasteiger partial charge in [0.1, 0.15) is 0 Å². The SMILES string of the molecule is C[C@@H]1[C@@H]([Si](C)(C)F)[C@H](CCO)O[C@@]12C(=O)N(Cc1ccccc1)c1ccc(N3CCCC3=O)cc12. The van der Waals surface area contributed by atoms with Gasteiger partial charge < -0.3 is 23.8 Å². The van der Waals surface area contributed by atoms with E-state index in [-0.39, 0.29) is 24.8 Å². The van der Waals surface area contributed by atoms with Crippen molar-refractivity contribution in [3.05, 3.63) is 59.7 Å². The molecule has 3 heterocycles. The third-order valence-corrected chi connectivity index (χ3v) is 10.4. The fourth-order valence-corrected chi connectivity index (χ4v) is 8.99. The second-order valence-electron chi connectivity index (χ2n) is 10.5. The Morgan fingerprint density at radius 2 is 1.91 bits per heavy atom. The van der Waals surface area contributed by atoms with Gasteiger partial charge in [-0.1, -0.05) is 37.3 Å². The van der Waals surface area contributed by atoms with Crippen LogP contribution in [-0.2, 0) is 26.5 Å². The van der Waals surface area contributed by atoms with E-state index in [1.165, 1.54) is 0 Å². The van der Waals surface area contributed by atoms with Crippen molar-refractivity contribution in [3.8, 4) is 0 Å². The first-order chi connectivity index (χ1) is 16.7. The molecule has 35 heavy (non-hydrogen) atoms. The average molecular weight is 497 g/mol. The van der Waals surface area contributed by atoms with Crippen LogP contribution in [0.2, 0.25) is 18.6 Å². The maximum Gasteiger partial charge on any atom is 0.264 e. The molecule has 2 aromatic carbocycles. The fourth-order valence-electron chi connectivity index (χ4n) is 6.44. The van der Waals surface area contributed by atoms with Crippen LogP contribution in [0.15, 0.2) is 48.5 Å². The van der Waals surface area contributed by atoms with Gasteiger partial charge in [-0.05, 0) is 49.7 Å². The van der Waals surface area contributed by atoms with Crippen molar-refractivity contribution in [1.29, 1.82) is 0 Å². The van der Waals surface area contributed by atoms with E-state index in [9.17, 15) is 14.7 Å². The lowest BCUT2D eigenvalue weighted by Gasteiger charge is -2.31. The predicted molar refractivity (Wildman–Crippen MR) is 135 cm³/mol. The first-order valence-corrected chi connectivity index (χ1v) is 15.4. The third kappa shape index (κ3) is 3.82. The van der Waals surface area contributed by atoms with Crippen LogP contribution in [0.5, 0.6) is 0 Å². The number of anilines is 2. The topological polar surface area (TPSA) is 70.1 Å². The molecule has 2 aromatic rings. The van der Waals surface area contributed by atoms with Gasteiger partial charge in [0.15, 0.2) is 5.60 Å². The molecule has 0 saturated carbocycles. The lowest BCUT2D eigenvalue weighted by atomic mass is 9.82.